The van der Waals surface area contributed by atoms with Gasteiger partial charge in [0.15, 0.2) is 0 Å². The van der Waals surface area contributed by atoms with Gasteiger partial charge in [-0.25, -0.2) is 6.54 Å². The Kier molecular flexibility index (Phi) is 12.4. The Balaban J connectivity index is 0.00000408. The summed E-state index contributed by atoms with van der Waals surface area (Å²) in [5.41, 5.74) is 8.97. The molecule has 2 aromatic carbocycles. The maximum absolute atomic E-state index is 6.26. The van der Waals surface area contributed by atoms with Crippen molar-refractivity contribution in [1.82, 2.24) is 15.6 Å². The number of hydrazone groups is 1. The minimum absolute atomic E-state index is 0. The van der Waals surface area contributed by atoms with Gasteiger partial charge in [-0.15, -0.1) is 6.42 Å². The molecule has 3 rings (SSSR count). The fourth-order valence-electron chi connectivity index (χ4n) is 3.89. The summed E-state index contributed by atoms with van der Waals surface area (Å²) in [7, 11) is 0. The number of piperidine rings is 1. The summed E-state index contributed by atoms with van der Waals surface area (Å²) in [4.78, 5) is 2.42. The van der Waals surface area contributed by atoms with Crippen molar-refractivity contribution < 1.29 is 32.7 Å². The molecule has 1 saturated heterocycles. The molecule has 0 aromatic heterocycles. The van der Waals surface area contributed by atoms with Gasteiger partial charge >= 0.3 is 0 Å². The van der Waals surface area contributed by atoms with Crippen LogP contribution in [0.4, 0.5) is 0 Å². The monoisotopic (exact) mass is 570 g/mol. The van der Waals surface area contributed by atoms with Gasteiger partial charge in [0.2, 0.25) is 0 Å². The molecule has 4 nitrogen and oxygen atoms in total. The molecule has 1 fully saturated rings. The number of hydrogen-bond donors (Lipinski definition) is 2. The average molecular weight is 571 g/mol. The van der Waals surface area contributed by atoms with Crippen LogP contribution in [0.1, 0.15) is 42.9 Å². The maximum atomic E-state index is 6.26. The fourth-order valence-corrected chi connectivity index (χ4v) is 4.52. The smallest absolute Gasteiger partial charge is 0.0708 e. The first-order chi connectivity index (χ1) is 16.0. The van der Waals surface area contributed by atoms with Gasteiger partial charge in [0.25, 0.3) is 0 Å². The van der Waals surface area contributed by atoms with Crippen LogP contribution in [-0.2, 0) is 39.1 Å². The largest absolute Gasteiger partial charge is 0.535 e. The Hall–Kier alpha value is -1.59. The normalized spacial score (nSPS) is 14.3. The zero-order valence-corrected chi connectivity index (χ0v) is 24.0. The van der Waals surface area contributed by atoms with Crippen molar-refractivity contribution in [2.24, 2.45) is 5.10 Å². The van der Waals surface area contributed by atoms with Crippen LogP contribution >= 0.6 is 23.2 Å². The van der Waals surface area contributed by atoms with Gasteiger partial charge in [-0.05, 0) is 49.5 Å². The molecule has 0 atom stereocenters. The van der Waals surface area contributed by atoms with Crippen molar-refractivity contribution in [1.29, 1.82) is 0 Å². The molecule has 1 radical (unpaired) electrons. The molecular weight excluding hydrogens is 540 g/mol. The summed E-state index contributed by atoms with van der Waals surface area (Å²) in [5, 5.41) is 8.67. The van der Waals surface area contributed by atoms with Crippen LogP contribution in [0.3, 0.4) is 0 Å². The maximum Gasteiger partial charge on any atom is 0.0708 e. The average Bonchev–Trinajstić information content (AvgIpc) is 2.82. The summed E-state index contributed by atoms with van der Waals surface area (Å²) in [6, 6.07) is 14.1. The minimum atomic E-state index is 0. The molecule has 0 amide bonds. The van der Waals surface area contributed by atoms with Crippen LogP contribution in [0, 0.1) is 6.54 Å². The minimum Gasteiger partial charge on any atom is -0.535 e. The number of rotatable bonds is 10. The van der Waals surface area contributed by atoms with E-state index in [1.165, 1.54) is 36.0 Å². The Bertz CT molecular complexity index is 1010. The molecule has 0 spiro atoms. The molecule has 1 aliphatic heterocycles. The SMILES string of the molecule is C=CN/N=C\C(=C(/C)c1ccc(C[CH-]NC(=C)c2c(Cl)cccc2Cl)cc1)N1CCCCC1.[Y]. The van der Waals surface area contributed by atoms with E-state index in [9.17, 15) is 0 Å². The van der Waals surface area contributed by atoms with Crippen molar-refractivity contribution >= 4 is 40.7 Å². The molecule has 177 valence electrons. The number of allylic oxidation sites excluding steroid dienone is 2. The van der Waals surface area contributed by atoms with E-state index in [0.29, 0.717) is 15.7 Å². The number of nitrogens with one attached hydrogen (secondary N) is 2. The first-order valence-corrected chi connectivity index (χ1v) is 11.9. The van der Waals surface area contributed by atoms with Gasteiger partial charge in [-0.2, -0.15) is 5.10 Å². The van der Waals surface area contributed by atoms with Crippen LogP contribution in [0.5, 0.6) is 0 Å². The van der Waals surface area contributed by atoms with Gasteiger partial charge in [-0.1, -0.05) is 72.3 Å². The van der Waals surface area contributed by atoms with E-state index in [1.807, 2.05) is 18.8 Å². The van der Waals surface area contributed by atoms with Gasteiger partial charge in [0, 0.05) is 63.3 Å². The van der Waals surface area contributed by atoms with Gasteiger partial charge < -0.3 is 10.2 Å². The van der Waals surface area contributed by atoms with E-state index in [0.717, 1.165) is 30.8 Å². The van der Waals surface area contributed by atoms with Crippen LogP contribution in [-0.4, -0.2) is 24.2 Å². The Morgan fingerprint density at radius 1 is 1.09 bits per heavy atom. The molecule has 0 bridgehead atoms. The Morgan fingerprint density at radius 2 is 1.74 bits per heavy atom. The van der Waals surface area contributed by atoms with Crippen LogP contribution in [0.2, 0.25) is 10.0 Å². The van der Waals surface area contributed by atoms with Crippen molar-refractivity contribution in [2.75, 3.05) is 13.1 Å². The topological polar surface area (TPSA) is 39.7 Å². The Labute approximate surface area is 239 Å². The molecule has 34 heavy (non-hydrogen) atoms. The predicted molar refractivity (Wildman–Crippen MR) is 143 cm³/mol. The van der Waals surface area contributed by atoms with Gasteiger partial charge in [0.05, 0.1) is 22.0 Å². The van der Waals surface area contributed by atoms with Gasteiger partial charge in [-0.3, -0.25) is 5.43 Å². The second-order valence-corrected chi connectivity index (χ2v) is 8.79. The third-order valence-corrected chi connectivity index (χ3v) is 6.33. The molecule has 2 N–H and O–H groups in total. The van der Waals surface area contributed by atoms with E-state index in [1.54, 1.807) is 18.3 Å². The van der Waals surface area contributed by atoms with Crippen LogP contribution < -0.4 is 10.7 Å². The number of benzene rings is 2. The Morgan fingerprint density at radius 3 is 2.35 bits per heavy atom. The summed E-state index contributed by atoms with van der Waals surface area (Å²) in [6.07, 6.45) is 7.94. The summed E-state index contributed by atoms with van der Waals surface area (Å²) in [5.74, 6) is 0. The van der Waals surface area contributed by atoms with E-state index in [2.05, 4.69) is 65.1 Å². The molecule has 7 heteroatoms. The van der Waals surface area contributed by atoms with E-state index >= 15 is 0 Å². The first kappa shape index (κ1) is 28.6. The fraction of sp³-hybridized carbons (Fsp3) is 0.259. The molecule has 0 aliphatic carbocycles. The zero-order chi connectivity index (χ0) is 23.6. The molecule has 1 heterocycles. The van der Waals surface area contributed by atoms with Crippen LogP contribution in [0.15, 0.2) is 72.6 Å². The predicted octanol–water partition coefficient (Wildman–Crippen LogP) is 6.89. The second kappa shape index (κ2) is 14.7. The van der Waals surface area contributed by atoms with Crippen molar-refractivity contribution in [2.45, 2.75) is 32.6 Å². The van der Waals surface area contributed by atoms with E-state index in [-0.39, 0.29) is 32.7 Å². The third kappa shape index (κ3) is 7.98. The first-order valence-electron chi connectivity index (χ1n) is 11.2. The number of nitrogens with zero attached hydrogens (tertiary/aromatic N) is 2. The third-order valence-electron chi connectivity index (χ3n) is 5.70. The second-order valence-electron chi connectivity index (χ2n) is 7.97. The summed E-state index contributed by atoms with van der Waals surface area (Å²) in [6.45, 7) is 14.0. The quantitative estimate of drug-likeness (QED) is 0.185. The zero-order valence-electron chi connectivity index (χ0n) is 19.7. The number of halogens is 2. The number of likely N-dealkylation sites (tertiary alicyclic amines) is 1. The molecule has 1 aliphatic rings. The molecule has 0 unspecified atom stereocenters. The van der Waals surface area contributed by atoms with Crippen molar-refractivity contribution in [3.8, 4) is 0 Å². The number of hydrogen-bond acceptors (Lipinski definition) is 4. The van der Waals surface area contributed by atoms with E-state index < -0.39 is 0 Å². The standard InChI is InChI=1S/C27H31Cl2N4.Y/c1-4-31-32-19-26(33-17-6-5-7-18-33)20(2)23-13-11-22(12-14-23)15-16-30-21(3)27-24(28)9-8-10-25(27)29;/h4,8-14,16,19,30-31H,1,3,5-7,15,17-18H2,2H3;/q-1;/b26-20-,32-19-;. The van der Waals surface area contributed by atoms with Crippen molar-refractivity contribution in [3.63, 3.8) is 0 Å². The molecular formula is C27H31Cl2N4Y-. The molecule has 0 saturated carbocycles. The van der Waals surface area contributed by atoms with E-state index in [4.69, 9.17) is 23.2 Å². The molecule has 2 aromatic rings. The van der Waals surface area contributed by atoms with Gasteiger partial charge in [0.1, 0.15) is 0 Å². The van der Waals surface area contributed by atoms with Crippen molar-refractivity contribution in [3.05, 3.63) is 101 Å². The summed E-state index contributed by atoms with van der Waals surface area (Å²) >= 11 is 12.5. The van der Waals surface area contributed by atoms with Crippen LogP contribution in [0.25, 0.3) is 11.3 Å². The summed E-state index contributed by atoms with van der Waals surface area (Å²) < 4.78 is 0.